The lowest BCUT2D eigenvalue weighted by Crippen LogP contribution is -2.41. The molecule has 0 fully saturated rings. The average Bonchev–Trinajstić information content (AvgIpc) is 2.57. The van der Waals surface area contributed by atoms with Crippen molar-refractivity contribution < 1.29 is 48.0 Å². The van der Waals surface area contributed by atoms with Gasteiger partial charge in [0.05, 0.1) is 7.11 Å². The number of benzene rings is 1. The van der Waals surface area contributed by atoms with Gasteiger partial charge in [0, 0.05) is 25.6 Å². The summed E-state index contributed by atoms with van der Waals surface area (Å²) in [4.78, 5) is 38.1. The minimum atomic E-state index is -5.46. The maximum absolute atomic E-state index is 11.4. The molecule has 0 bridgehead atoms. The molecule has 0 saturated carbocycles. The molecule has 0 saturated heterocycles. The number of hydrogen-bond acceptors (Lipinski definition) is 7. The predicted molar refractivity (Wildman–Crippen MR) is 94.1 cm³/mol. The summed E-state index contributed by atoms with van der Waals surface area (Å²) in [6.07, 6.45) is -1.24. The summed E-state index contributed by atoms with van der Waals surface area (Å²) < 4.78 is 39.2. The number of rotatable bonds is 8. The Labute approximate surface area is 155 Å². The van der Waals surface area contributed by atoms with Crippen molar-refractivity contribution in [3.8, 4) is 17.2 Å². The first-order chi connectivity index (χ1) is 12.4. The highest BCUT2D eigenvalue weighted by Gasteiger charge is 2.58. The van der Waals surface area contributed by atoms with Gasteiger partial charge in [-0.2, -0.15) is 0 Å². The van der Waals surface area contributed by atoms with Crippen LogP contribution in [-0.4, -0.2) is 74.6 Å². The Bertz CT molecular complexity index is 738. The number of methoxy groups -OCH3 is 1. The molecule has 2 rings (SSSR count). The van der Waals surface area contributed by atoms with E-state index in [1.54, 1.807) is 25.2 Å². The van der Waals surface area contributed by atoms with Crippen LogP contribution in [0.3, 0.4) is 0 Å². The highest BCUT2D eigenvalue weighted by molar-refractivity contribution is 7.72. The van der Waals surface area contributed by atoms with Gasteiger partial charge in [-0.25, -0.2) is 0 Å². The first-order valence-corrected chi connectivity index (χ1v) is 11.1. The van der Waals surface area contributed by atoms with Crippen LogP contribution < -0.4 is 14.2 Å². The zero-order valence-electron chi connectivity index (χ0n) is 14.8. The SMILES string of the molecule is COc1ccc2c(c1)OCC(CN(C)CCC(O)(P(=O)(O)O)P(=O)(O)O)O2. The van der Waals surface area contributed by atoms with Crippen molar-refractivity contribution in [3.05, 3.63) is 18.2 Å². The number of aliphatic hydroxyl groups is 1. The maximum atomic E-state index is 11.4. The molecule has 1 aromatic rings. The Morgan fingerprint density at radius 1 is 1.22 bits per heavy atom. The summed E-state index contributed by atoms with van der Waals surface area (Å²) in [5, 5.41) is 6.47. The third kappa shape index (κ3) is 5.01. The number of likely N-dealkylation sites (N-methyl/N-ethyl adjacent to an activating group) is 1. The van der Waals surface area contributed by atoms with Gasteiger partial charge in [0.2, 0.25) is 0 Å². The third-order valence-corrected chi connectivity index (χ3v) is 8.02. The fourth-order valence-corrected chi connectivity index (χ4v) is 4.69. The smallest absolute Gasteiger partial charge is 0.369 e. The van der Waals surface area contributed by atoms with Crippen molar-refractivity contribution in [1.82, 2.24) is 4.90 Å². The van der Waals surface area contributed by atoms with Gasteiger partial charge in [-0.3, -0.25) is 9.13 Å². The topological polar surface area (TPSA) is 166 Å². The lowest BCUT2D eigenvalue weighted by Gasteiger charge is -2.33. The third-order valence-electron chi connectivity index (χ3n) is 4.15. The van der Waals surface area contributed by atoms with Gasteiger partial charge in [-0.05, 0) is 19.2 Å². The summed E-state index contributed by atoms with van der Waals surface area (Å²) in [5.74, 6) is 1.63. The predicted octanol–water partition coefficient (Wildman–Crippen LogP) is 0.158. The molecule has 0 spiro atoms. The second-order valence-corrected chi connectivity index (χ2v) is 10.2. The molecule has 13 heteroatoms. The van der Waals surface area contributed by atoms with Gasteiger partial charge in [-0.15, -0.1) is 0 Å². The molecule has 1 heterocycles. The first-order valence-electron chi connectivity index (χ1n) is 7.87. The van der Waals surface area contributed by atoms with Crippen molar-refractivity contribution in [1.29, 1.82) is 0 Å². The molecular formula is C14H23NO10P2. The van der Waals surface area contributed by atoms with E-state index in [9.17, 15) is 14.2 Å². The van der Waals surface area contributed by atoms with Crippen molar-refractivity contribution in [2.45, 2.75) is 17.6 Å². The molecular weight excluding hydrogens is 404 g/mol. The highest BCUT2D eigenvalue weighted by Crippen LogP contribution is 2.68. The van der Waals surface area contributed by atoms with E-state index in [-0.39, 0.29) is 19.7 Å². The summed E-state index contributed by atoms with van der Waals surface area (Å²) in [5.41, 5.74) is 0. The van der Waals surface area contributed by atoms with E-state index in [1.807, 2.05) is 0 Å². The maximum Gasteiger partial charge on any atom is 0.369 e. The number of fused-ring (bicyclic) bond motifs is 1. The first kappa shape index (κ1) is 22.1. The Morgan fingerprint density at radius 3 is 2.41 bits per heavy atom. The quantitative estimate of drug-likeness (QED) is 0.359. The monoisotopic (exact) mass is 427 g/mol. The lowest BCUT2D eigenvalue weighted by molar-refractivity contribution is 0.0580. The normalized spacial score (nSPS) is 17.9. The largest absolute Gasteiger partial charge is 0.497 e. The molecule has 1 aromatic carbocycles. The fraction of sp³-hybridized carbons (Fsp3) is 0.571. The summed E-state index contributed by atoms with van der Waals surface area (Å²) >= 11 is 0. The van der Waals surface area contributed by atoms with E-state index in [4.69, 9.17) is 33.8 Å². The van der Waals surface area contributed by atoms with Crippen LogP contribution in [0.2, 0.25) is 0 Å². The van der Waals surface area contributed by atoms with Gasteiger partial charge < -0.3 is 43.8 Å². The Balaban J connectivity index is 1.97. The second-order valence-electron chi connectivity index (χ2n) is 6.24. The van der Waals surface area contributed by atoms with Crippen LogP contribution in [0.4, 0.5) is 0 Å². The number of nitrogens with zero attached hydrogens (tertiary/aromatic N) is 1. The van der Waals surface area contributed by atoms with Gasteiger partial charge in [0.25, 0.3) is 5.08 Å². The molecule has 11 nitrogen and oxygen atoms in total. The van der Waals surface area contributed by atoms with Crippen LogP contribution in [0.15, 0.2) is 18.2 Å². The van der Waals surface area contributed by atoms with Crippen LogP contribution in [0.1, 0.15) is 6.42 Å². The van der Waals surface area contributed by atoms with Gasteiger partial charge >= 0.3 is 15.2 Å². The minimum absolute atomic E-state index is 0.192. The van der Waals surface area contributed by atoms with E-state index in [1.165, 1.54) is 12.0 Å². The Morgan fingerprint density at radius 2 is 1.85 bits per heavy atom. The molecule has 0 amide bonds. The van der Waals surface area contributed by atoms with E-state index in [0.29, 0.717) is 17.2 Å². The van der Waals surface area contributed by atoms with Crippen LogP contribution >= 0.6 is 15.2 Å². The van der Waals surface area contributed by atoms with Gasteiger partial charge in [0.1, 0.15) is 18.5 Å². The second kappa shape index (κ2) is 8.06. The van der Waals surface area contributed by atoms with Crippen molar-refractivity contribution in [2.24, 2.45) is 0 Å². The zero-order valence-corrected chi connectivity index (χ0v) is 16.5. The highest BCUT2D eigenvalue weighted by atomic mass is 31.2. The minimum Gasteiger partial charge on any atom is -0.497 e. The van der Waals surface area contributed by atoms with E-state index in [2.05, 4.69) is 0 Å². The molecule has 5 N–H and O–H groups in total. The standard InChI is InChI=1S/C14H23NO10P2/c1-15(6-5-14(16,26(17,18)19)27(20,21)22)8-11-9-24-13-7-10(23-2)3-4-12(13)25-11/h3-4,7,11,16H,5-6,8-9H2,1-2H3,(H2,17,18,19)(H2,20,21,22). The molecule has 27 heavy (non-hydrogen) atoms. The van der Waals surface area contributed by atoms with Gasteiger partial charge in [0.15, 0.2) is 11.5 Å². The van der Waals surface area contributed by atoms with Crippen molar-refractivity contribution in [3.63, 3.8) is 0 Å². The molecule has 1 unspecified atom stereocenters. The van der Waals surface area contributed by atoms with Crippen LogP contribution in [0, 0.1) is 0 Å². The van der Waals surface area contributed by atoms with Crippen molar-refractivity contribution in [2.75, 3.05) is 33.9 Å². The molecule has 0 aliphatic carbocycles. The number of hydrogen-bond donors (Lipinski definition) is 5. The Kier molecular flexibility index (Phi) is 6.61. The van der Waals surface area contributed by atoms with Crippen LogP contribution in [-0.2, 0) is 9.13 Å². The number of ether oxygens (including phenoxy) is 3. The molecule has 1 aliphatic rings. The van der Waals surface area contributed by atoms with E-state index < -0.39 is 32.8 Å². The molecule has 0 radical (unpaired) electrons. The molecule has 1 aliphatic heterocycles. The van der Waals surface area contributed by atoms with E-state index >= 15 is 0 Å². The fourth-order valence-electron chi connectivity index (χ4n) is 2.55. The van der Waals surface area contributed by atoms with Crippen molar-refractivity contribution >= 4 is 15.2 Å². The average molecular weight is 427 g/mol. The zero-order chi connectivity index (χ0) is 20.5. The summed E-state index contributed by atoms with van der Waals surface area (Å²) in [7, 11) is -7.83. The van der Waals surface area contributed by atoms with Crippen LogP contribution in [0.5, 0.6) is 17.2 Å². The van der Waals surface area contributed by atoms with Crippen LogP contribution in [0.25, 0.3) is 0 Å². The lowest BCUT2D eigenvalue weighted by atomic mass is 10.2. The van der Waals surface area contributed by atoms with E-state index in [0.717, 1.165) is 0 Å². The summed E-state index contributed by atoms with van der Waals surface area (Å²) in [6, 6.07) is 5.06. The molecule has 154 valence electrons. The molecule has 1 atom stereocenters. The molecule has 0 aromatic heterocycles. The van der Waals surface area contributed by atoms with Gasteiger partial charge in [-0.1, -0.05) is 0 Å². The Hall–Kier alpha value is -1.16. The summed E-state index contributed by atoms with van der Waals surface area (Å²) in [6.45, 7) is 0.248.